The maximum Gasteiger partial charge on any atom is 0.226 e. The van der Waals surface area contributed by atoms with Crippen molar-refractivity contribution in [3.8, 4) is 0 Å². The van der Waals surface area contributed by atoms with E-state index >= 15 is 0 Å². The highest BCUT2D eigenvalue weighted by Gasteiger charge is 2.10. The van der Waals surface area contributed by atoms with Crippen LogP contribution in [0.25, 0.3) is 0 Å². The summed E-state index contributed by atoms with van der Waals surface area (Å²) in [6, 6.07) is 0. The van der Waals surface area contributed by atoms with Crippen LogP contribution in [0.15, 0.2) is 4.42 Å². The Bertz CT molecular complexity index is 393. The largest absolute Gasteiger partial charge is 0.444 e. The second-order valence-corrected chi connectivity index (χ2v) is 5.19. The third-order valence-electron chi connectivity index (χ3n) is 1.66. The Kier molecular flexibility index (Phi) is 3.52. The fraction of sp³-hybridized carbons (Fsp3) is 0.571. The number of rotatable bonds is 4. The monoisotopic (exact) mass is 238 g/mol. The van der Waals surface area contributed by atoms with Crippen molar-refractivity contribution < 1.29 is 12.8 Å². The smallest absolute Gasteiger partial charge is 0.226 e. The summed E-state index contributed by atoms with van der Waals surface area (Å²) in [5, 5.41) is -0.467. The molecule has 1 aromatic heterocycles. The van der Waals surface area contributed by atoms with E-state index in [1.165, 1.54) is 0 Å². The van der Waals surface area contributed by atoms with Gasteiger partial charge in [-0.15, -0.1) is 11.6 Å². The maximum atomic E-state index is 11.0. The van der Waals surface area contributed by atoms with Crippen LogP contribution in [0.1, 0.15) is 17.3 Å². The molecule has 5 nitrogen and oxygen atoms in total. The first kappa shape index (κ1) is 11.5. The molecule has 7 heteroatoms. The van der Waals surface area contributed by atoms with Gasteiger partial charge >= 0.3 is 0 Å². The third-order valence-corrected chi connectivity index (χ3v) is 3.39. The summed E-state index contributed by atoms with van der Waals surface area (Å²) in [6.07, 6.45) is 0. The number of oxazole rings is 1. The average Bonchev–Trinajstić information content (AvgIpc) is 2.44. The van der Waals surface area contributed by atoms with E-state index in [-0.39, 0.29) is 6.54 Å². The van der Waals surface area contributed by atoms with Gasteiger partial charge in [0.05, 0.1) is 12.2 Å². The van der Waals surface area contributed by atoms with E-state index in [2.05, 4.69) is 9.71 Å². The van der Waals surface area contributed by atoms with Crippen molar-refractivity contribution in [2.45, 2.75) is 20.4 Å². The van der Waals surface area contributed by atoms with Crippen LogP contribution in [0.3, 0.4) is 0 Å². The molecule has 0 aliphatic rings. The first-order valence-corrected chi connectivity index (χ1v) is 6.09. The number of aryl methyl sites for hydroxylation is 2. The lowest BCUT2D eigenvalue weighted by Crippen LogP contribution is -2.24. The quantitative estimate of drug-likeness (QED) is 0.792. The standard InChI is InChI=1S/C7H11ClN2O3S/c1-5-6(2)13-7(10-5)3-9-14(11,12)4-8/h9H,3-4H2,1-2H3. The summed E-state index contributed by atoms with van der Waals surface area (Å²) < 4.78 is 29.3. The Balaban J connectivity index is 2.63. The van der Waals surface area contributed by atoms with E-state index in [1.807, 2.05) is 0 Å². The molecule has 1 N–H and O–H groups in total. The molecule has 0 atom stereocenters. The molecule has 14 heavy (non-hydrogen) atoms. The zero-order valence-corrected chi connectivity index (χ0v) is 9.44. The van der Waals surface area contributed by atoms with E-state index in [1.54, 1.807) is 13.8 Å². The highest BCUT2D eigenvalue weighted by molar-refractivity contribution is 7.90. The van der Waals surface area contributed by atoms with Crippen LogP contribution in [0.2, 0.25) is 0 Å². The van der Waals surface area contributed by atoms with Gasteiger partial charge in [0.25, 0.3) is 0 Å². The molecule has 1 aromatic rings. The molecule has 80 valence electrons. The molecule has 0 fully saturated rings. The number of aromatic nitrogens is 1. The van der Waals surface area contributed by atoms with Gasteiger partial charge in [0, 0.05) is 0 Å². The molecular formula is C7H11ClN2O3S. The van der Waals surface area contributed by atoms with Crippen molar-refractivity contribution in [2.75, 3.05) is 5.21 Å². The molecule has 0 saturated carbocycles. The van der Waals surface area contributed by atoms with Crippen molar-refractivity contribution >= 4 is 21.6 Å². The first-order valence-electron chi connectivity index (χ1n) is 3.91. The molecular weight excluding hydrogens is 228 g/mol. The Morgan fingerprint density at radius 3 is 2.57 bits per heavy atom. The SMILES string of the molecule is Cc1nc(CNS(=O)(=O)CCl)oc1C. The number of alkyl halides is 1. The normalized spacial score (nSPS) is 11.9. The maximum absolute atomic E-state index is 11.0. The summed E-state index contributed by atoms with van der Waals surface area (Å²) >= 11 is 5.19. The molecule has 1 heterocycles. The van der Waals surface area contributed by atoms with Crippen LogP contribution >= 0.6 is 11.6 Å². The van der Waals surface area contributed by atoms with Gasteiger partial charge in [0.15, 0.2) is 0 Å². The average molecular weight is 239 g/mol. The van der Waals surface area contributed by atoms with E-state index in [0.29, 0.717) is 11.7 Å². The van der Waals surface area contributed by atoms with Crippen molar-refractivity contribution in [3.63, 3.8) is 0 Å². The number of hydrogen-bond acceptors (Lipinski definition) is 4. The third kappa shape index (κ3) is 2.97. The van der Waals surface area contributed by atoms with Crippen LogP contribution in [-0.2, 0) is 16.6 Å². The molecule has 0 bridgehead atoms. The van der Waals surface area contributed by atoms with Gasteiger partial charge in [0.1, 0.15) is 11.0 Å². The molecule has 0 radical (unpaired) electrons. The van der Waals surface area contributed by atoms with E-state index < -0.39 is 15.2 Å². The van der Waals surface area contributed by atoms with Gasteiger partial charge in [-0.2, -0.15) is 0 Å². The summed E-state index contributed by atoms with van der Waals surface area (Å²) in [7, 11) is -3.41. The second-order valence-electron chi connectivity index (χ2n) is 2.79. The summed E-state index contributed by atoms with van der Waals surface area (Å²) in [5.41, 5.74) is 0.755. The Morgan fingerprint density at radius 2 is 2.14 bits per heavy atom. The number of sulfonamides is 1. The fourth-order valence-corrected chi connectivity index (χ4v) is 1.48. The van der Waals surface area contributed by atoms with Gasteiger partial charge in [-0.25, -0.2) is 18.1 Å². The predicted octanol–water partition coefficient (Wildman–Crippen LogP) is 0.907. The molecule has 0 spiro atoms. The topological polar surface area (TPSA) is 72.2 Å². The zero-order chi connectivity index (χ0) is 10.8. The van der Waals surface area contributed by atoms with Crippen LogP contribution in [0.5, 0.6) is 0 Å². The minimum Gasteiger partial charge on any atom is -0.444 e. The molecule has 0 aliphatic heterocycles. The molecule has 0 aromatic carbocycles. The number of halogens is 1. The lowest BCUT2D eigenvalue weighted by molar-refractivity contribution is 0.463. The van der Waals surface area contributed by atoms with Crippen molar-refractivity contribution in [1.82, 2.24) is 9.71 Å². The first-order chi connectivity index (χ1) is 6.44. The Labute approximate surface area is 87.5 Å². The molecule has 1 rings (SSSR count). The zero-order valence-electron chi connectivity index (χ0n) is 7.87. The van der Waals surface area contributed by atoms with Crippen molar-refractivity contribution in [1.29, 1.82) is 0 Å². The van der Waals surface area contributed by atoms with Gasteiger partial charge in [-0.05, 0) is 13.8 Å². The summed E-state index contributed by atoms with van der Waals surface area (Å²) in [6.45, 7) is 3.59. The molecule has 0 aliphatic carbocycles. The molecule has 0 amide bonds. The number of nitrogens with zero attached hydrogens (tertiary/aromatic N) is 1. The fourth-order valence-electron chi connectivity index (χ4n) is 0.825. The van der Waals surface area contributed by atoms with Crippen LogP contribution in [0, 0.1) is 13.8 Å². The lowest BCUT2D eigenvalue weighted by Gasteiger charge is -1.98. The van der Waals surface area contributed by atoms with E-state index in [0.717, 1.165) is 5.69 Å². The van der Waals surface area contributed by atoms with Crippen molar-refractivity contribution in [3.05, 3.63) is 17.3 Å². The Morgan fingerprint density at radius 1 is 1.50 bits per heavy atom. The highest BCUT2D eigenvalue weighted by Crippen LogP contribution is 2.08. The van der Waals surface area contributed by atoms with Crippen LogP contribution in [-0.4, -0.2) is 18.6 Å². The van der Waals surface area contributed by atoms with Crippen LogP contribution < -0.4 is 4.72 Å². The Hall–Kier alpha value is -0.590. The molecule has 0 unspecified atom stereocenters. The van der Waals surface area contributed by atoms with Gasteiger partial charge in [-0.3, -0.25) is 0 Å². The molecule has 0 saturated heterocycles. The minimum atomic E-state index is -3.41. The predicted molar refractivity (Wildman–Crippen MR) is 52.5 cm³/mol. The lowest BCUT2D eigenvalue weighted by atomic mass is 10.4. The minimum absolute atomic E-state index is 0.0315. The summed E-state index contributed by atoms with van der Waals surface area (Å²) in [4.78, 5) is 4.01. The second kappa shape index (κ2) is 4.29. The van der Waals surface area contributed by atoms with E-state index in [9.17, 15) is 8.42 Å². The van der Waals surface area contributed by atoms with Crippen molar-refractivity contribution in [2.24, 2.45) is 0 Å². The van der Waals surface area contributed by atoms with Crippen LogP contribution in [0.4, 0.5) is 0 Å². The highest BCUT2D eigenvalue weighted by atomic mass is 35.5. The van der Waals surface area contributed by atoms with E-state index in [4.69, 9.17) is 16.0 Å². The summed E-state index contributed by atoms with van der Waals surface area (Å²) in [5.74, 6) is 1.03. The number of nitrogens with one attached hydrogen (secondary N) is 1. The van der Waals surface area contributed by atoms with Gasteiger partial charge in [0.2, 0.25) is 15.9 Å². The van der Waals surface area contributed by atoms with Gasteiger partial charge < -0.3 is 4.42 Å². The number of hydrogen-bond donors (Lipinski definition) is 1. The van der Waals surface area contributed by atoms with Gasteiger partial charge in [-0.1, -0.05) is 0 Å².